The Morgan fingerprint density at radius 3 is 2.96 bits per heavy atom. The van der Waals surface area contributed by atoms with E-state index in [0.717, 1.165) is 11.1 Å². The maximum Gasteiger partial charge on any atom is 0.315 e. The van der Waals surface area contributed by atoms with Crippen molar-refractivity contribution in [3.05, 3.63) is 52.2 Å². The molecule has 126 valence electrons. The van der Waals surface area contributed by atoms with Crippen molar-refractivity contribution >= 4 is 17.4 Å². The summed E-state index contributed by atoms with van der Waals surface area (Å²) in [6, 6.07) is 8.67. The second kappa shape index (κ2) is 8.96. The van der Waals surface area contributed by atoms with Crippen molar-refractivity contribution in [3.63, 3.8) is 0 Å². The summed E-state index contributed by atoms with van der Waals surface area (Å²) in [4.78, 5) is 12.0. The average Bonchev–Trinajstić information content (AvgIpc) is 3.12. The second-order valence-electron chi connectivity index (χ2n) is 5.21. The first-order chi connectivity index (χ1) is 11.6. The number of ether oxygens (including phenoxy) is 1. The normalized spacial score (nSPS) is 12.7. The first-order valence-electron chi connectivity index (χ1n) is 7.51. The van der Waals surface area contributed by atoms with E-state index in [1.54, 1.807) is 0 Å². The number of hydrogen-bond donors (Lipinski definition) is 3. The highest BCUT2D eigenvalue weighted by Gasteiger charge is 2.13. The minimum Gasteiger partial charge on any atom is -0.481 e. The standard InChI is InChI=1S/C18H20N2O3S/c1-3-8-23-16-6-4-5-14(10-16)13(2)20-18(22)19-11-17(21)15-7-9-24-12-15/h1,4-7,9-10,12-13,17,21H,8,11H2,2H3,(H2,19,20,22)/t13-,17+/m1/s1. The molecule has 1 aromatic carbocycles. The molecule has 3 N–H and O–H groups in total. The number of aliphatic hydroxyl groups is 1. The molecule has 0 aliphatic rings. The lowest BCUT2D eigenvalue weighted by atomic mass is 10.1. The fourth-order valence-corrected chi connectivity index (χ4v) is 2.81. The number of amides is 2. The zero-order chi connectivity index (χ0) is 17.4. The number of thiophene rings is 1. The van der Waals surface area contributed by atoms with Gasteiger partial charge in [0.1, 0.15) is 12.4 Å². The fourth-order valence-electron chi connectivity index (χ4n) is 2.10. The van der Waals surface area contributed by atoms with E-state index < -0.39 is 6.10 Å². The van der Waals surface area contributed by atoms with Gasteiger partial charge in [0.2, 0.25) is 0 Å². The molecule has 0 spiro atoms. The first-order valence-corrected chi connectivity index (χ1v) is 8.45. The zero-order valence-corrected chi connectivity index (χ0v) is 14.2. The largest absolute Gasteiger partial charge is 0.481 e. The summed E-state index contributed by atoms with van der Waals surface area (Å²) in [5.74, 6) is 3.07. The molecule has 0 aliphatic carbocycles. The van der Waals surface area contributed by atoms with Crippen LogP contribution in [0.1, 0.15) is 30.2 Å². The lowest BCUT2D eigenvalue weighted by molar-refractivity contribution is 0.173. The summed E-state index contributed by atoms with van der Waals surface area (Å²) in [6.07, 6.45) is 4.46. The molecule has 1 aromatic heterocycles. The van der Waals surface area contributed by atoms with Gasteiger partial charge in [-0.05, 0) is 47.0 Å². The van der Waals surface area contributed by atoms with Crippen LogP contribution >= 0.6 is 11.3 Å². The third kappa shape index (κ3) is 5.30. The molecule has 0 aliphatic heterocycles. The number of carbonyl (C=O) groups is 1. The van der Waals surface area contributed by atoms with Crippen molar-refractivity contribution in [1.82, 2.24) is 10.6 Å². The summed E-state index contributed by atoms with van der Waals surface area (Å²) in [7, 11) is 0. The minimum atomic E-state index is -0.710. The Kier molecular flexibility index (Phi) is 6.67. The van der Waals surface area contributed by atoms with Crippen LogP contribution in [-0.4, -0.2) is 24.3 Å². The predicted molar refractivity (Wildman–Crippen MR) is 95.0 cm³/mol. The topological polar surface area (TPSA) is 70.6 Å². The average molecular weight is 344 g/mol. The number of hydrogen-bond acceptors (Lipinski definition) is 4. The van der Waals surface area contributed by atoms with Gasteiger partial charge in [-0.1, -0.05) is 18.1 Å². The quantitative estimate of drug-likeness (QED) is 0.677. The molecule has 5 nitrogen and oxygen atoms in total. The van der Waals surface area contributed by atoms with E-state index in [2.05, 4.69) is 16.6 Å². The Balaban J connectivity index is 1.84. The van der Waals surface area contributed by atoms with Crippen LogP contribution in [0.5, 0.6) is 5.75 Å². The van der Waals surface area contributed by atoms with Gasteiger partial charge in [0.15, 0.2) is 0 Å². The number of carbonyl (C=O) groups excluding carboxylic acids is 1. The third-order valence-electron chi connectivity index (χ3n) is 3.41. The van der Waals surface area contributed by atoms with Gasteiger partial charge in [-0.25, -0.2) is 4.79 Å². The smallest absolute Gasteiger partial charge is 0.315 e. The third-order valence-corrected chi connectivity index (χ3v) is 4.11. The molecular formula is C18H20N2O3S. The Bertz CT molecular complexity index is 695. The van der Waals surface area contributed by atoms with E-state index in [1.165, 1.54) is 11.3 Å². The van der Waals surface area contributed by atoms with Crippen molar-refractivity contribution in [2.24, 2.45) is 0 Å². The Hall–Kier alpha value is -2.49. The second-order valence-corrected chi connectivity index (χ2v) is 5.99. The molecule has 2 atom stereocenters. The highest BCUT2D eigenvalue weighted by molar-refractivity contribution is 7.07. The summed E-state index contributed by atoms with van der Waals surface area (Å²) >= 11 is 1.50. The van der Waals surface area contributed by atoms with Crippen LogP contribution in [-0.2, 0) is 0 Å². The van der Waals surface area contributed by atoms with Gasteiger partial charge in [0.25, 0.3) is 0 Å². The van der Waals surface area contributed by atoms with E-state index >= 15 is 0 Å². The zero-order valence-electron chi connectivity index (χ0n) is 13.4. The van der Waals surface area contributed by atoms with E-state index in [0.29, 0.717) is 5.75 Å². The number of nitrogens with one attached hydrogen (secondary N) is 2. The van der Waals surface area contributed by atoms with Crippen molar-refractivity contribution in [2.45, 2.75) is 19.1 Å². The van der Waals surface area contributed by atoms with Crippen molar-refractivity contribution in [2.75, 3.05) is 13.2 Å². The molecule has 2 rings (SSSR count). The highest BCUT2D eigenvalue weighted by Crippen LogP contribution is 2.19. The number of terminal acetylenes is 1. The maximum atomic E-state index is 12.0. The van der Waals surface area contributed by atoms with Crippen LogP contribution in [0.15, 0.2) is 41.1 Å². The predicted octanol–water partition coefficient (Wildman–Crippen LogP) is 2.85. The molecule has 0 bridgehead atoms. The Labute approximate surface area is 145 Å². The fraction of sp³-hybridized carbons (Fsp3) is 0.278. The van der Waals surface area contributed by atoms with Crippen LogP contribution < -0.4 is 15.4 Å². The van der Waals surface area contributed by atoms with Gasteiger partial charge in [0.05, 0.1) is 12.1 Å². The number of urea groups is 1. The van der Waals surface area contributed by atoms with Gasteiger partial charge in [-0.2, -0.15) is 11.3 Å². The molecule has 2 amide bonds. The Morgan fingerprint density at radius 1 is 1.42 bits per heavy atom. The van der Waals surface area contributed by atoms with E-state index in [9.17, 15) is 9.90 Å². The van der Waals surface area contributed by atoms with Crippen LogP contribution in [0.3, 0.4) is 0 Å². The number of benzene rings is 1. The number of rotatable bonds is 7. The van der Waals surface area contributed by atoms with E-state index in [-0.39, 0.29) is 25.2 Å². The van der Waals surface area contributed by atoms with Gasteiger partial charge in [-0.3, -0.25) is 0 Å². The molecular weight excluding hydrogens is 324 g/mol. The van der Waals surface area contributed by atoms with Crippen molar-refractivity contribution in [3.8, 4) is 18.1 Å². The van der Waals surface area contributed by atoms with Crippen LogP contribution in [0, 0.1) is 12.3 Å². The Morgan fingerprint density at radius 2 is 2.25 bits per heavy atom. The van der Waals surface area contributed by atoms with Crippen molar-refractivity contribution in [1.29, 1.82) is 0 Å². The monoisotopic (exact) mass is 344 g/mol. The molecule has 0 unspecified atom stereocenters. The molecule has 0 fully saturated rings. The number of aliphatic hydroxyl groups excluding tert-OH is 1. The van der Waals surface area contributed by atoms with Crippen LogP contribution in [0.2, 0.25) is 0 Å². The van der Waals surface area contributed by atoms with Crippen LogP contribution in [0.4, 0.5) is 4.79 Å². The SMILES string of the molecule is C#CCOc1cccc([C@@H](C)NC(=O)NC[C@H](O)c2ccsc2)c1. The maximum absolute atomic E-state index is 12.0. The molecule has 0 saturated heterocycles. The first kappa shape index (κ1) is 17.9. The molecule has 0 saturated carbocycles. The molecule has 0 radical (unpaired) electrons. The lowest BCUT2D eigenvalue weighted by Crippen LogP contribution is -2.39. The molecule has 6 heteroatoms. The van der Waals surface area contributed by atoms with Crippen LogP contribution in [0.25, 0.3) is 0 Å². The summed E-state index contributed by atoms with van der Waals surface area (Å²) in [5.41, 5.74) is 1.70. The summed E-state index contributed by atoms with van der Waals surface area (Å²) in [6.45, 7) is 2.22. The van der Waals surface area contributed by atoms with Gasteiger partial charge < -0.3 is 20.5 Å². The molecule has 24 heavy (non-hydrogen) atoms. The van der Waals surface area contributed by atoms with E-state index in [4.69, 9.17) is 11.2 Å². The van der Waals surface area contributed by atoms with Gasteiger partial charge in [0, 0.05) is 6.54 Å². The van der Waals surface area contributed by atoms with Gasteiger partial charge >= 0.3 is 6.03 Å². The summed E-state index contributed by atoms with van der Waals surface area (Å²) in [5, 5.41) is 19.2. The molecule has 2 aromatic rings. The summed E-state index contributed by atoms with van der Waals surface area (Å²) < 4.78 is 5.37. The highest BCUT2D eigenvalue weighted by atomic mass is 32.1. The van der Waals surface area contributed by atoms with E-state index in [1.807, 2.05) is 48.0 Å². The molecule has 1 heterocycles. The van der Waals surface area contributed by atoms with Crippen molar-refractivity contribution < 1.29 is 14.6 Å². The van der Waals surface area contributed by atoms with Gasteiger partial charge in [-0.15, -0.1) is 6.42 Å². The minimum absolute atomic E-state index is 0.153. The lowest BCUT2D eigenvalue weighted by Gasteiger charge is -2.17.